The van der Waals surface area contributed by atoms with Crippen LogP contribution in [0.25, 0.3) is 0 Å². The Labute approximate surface area is 87.7 Å². The van der Waals surface area contributed by atoms with Crippen molar-refractivity contribution in [2.45, 2.75) is 12.3 Å². The third-order valence-electron chi connectivity index (χ3n) is 3.64. The molecule has 0 aliphatic heterocycles. The summed E-state index contributed by atoms with van der Waals surface area (Å²) in [6.45, 7) is 0. The van der Waals surface area contributed by atoms with Crippen molar-refractivity contribution in [3.8, 4) is 5.75 Å². The van der Waals surface area contributed by atoms with Gasteiger partial charge in [-0.1, -0.05) is 12.1 Å². The number of carbonyl (C=O) groups is 1. The first-order valence-electron chi connectivity index (χ1n) is 5.12. The molecule has 2 aliphatic carbocycles. The molecule has 3 atom stereocenters. The lowest BCUT2D eigenvalue weighted by Gasteiger charge is -2.09. The Hall–Kier alpha value is -1.51. The molecule has 0 radical (unpaired) electrons. The molecule has 1 N–H and O–H groups in total. The van der Waals surface area contributed by atoms with E-state index in [1.165, 1.54) is 11.1 Å². The summed E-state index contributed by atoms with van der Waals surface area (Å²) in [5, 5.41) is 8.98. The molecule has 1 fully saturated rings. The van der Waals surface area contributed by atoms with E-state index in [4.69, 9.17) is 9.84 Å². The van der Waals surface area contributed by atoms with Crippen molar-refractivity contribution in [2.24, 2.45) is 11.8 Å². The first-order chi connectivity index (χ1) is 7.24. The fraction of sp³-hybridized carbons (Fsp3) is 0.417. The molecule has 3 nitrogen and oxygen atoms in total. The zero-order valence-electron chi connectivity index (χ0n) is 8.43. The molecular formula is C12H12O3. The SMILES string of the molecule is COc1cccc2c1C[C@@H]1[C@@H](C(=O)O)[C@@H]21. The molecule has 3 heteroatoms. The second-order valence-corrected chi connectivity index (χ2v) is 4.29. The lowest BCUT2D eigenvalue weighted by Crippen LogP contribution is -2.05. The Kier molecular flexibility index (Phi) is 1.61. The summed E-state index contributed by atoms with van der Waals surface area (Å²) >= 11 is 0. The van der Waals surface area contributed by atoms with Crippen molar-refractivity contribution in [1.82, 2.24) is 0 Å². The van der Waals surface area contributed by atoms with Crippen LogP contribution in [0.1, 0.15) is 17.0 Å². The smallest absolute Gasteiger partial charge is 0.307 e. The normalized spacial score (nSPS) is 30.6. The fourth-order valence-electron chi connectivity index (χ4n) is 2.93. The first-order valence-corrected chi connectivity index (χ1v) is 5.12. The first kappa shape index (κ1) is 8.77. The number of carboxylic acid groups (broad SMARTS) is 1. The van der Waals surface area contributed by atoms with Crippen LogP contribution in [0.4, 0.5) is 0 Å². The van der Waals surface area contributed by atoms with E-state index in [0.29, 0.717) is 5.92 Å². The molecule has 0 heterocycles. The van der Waals surface area contributed by atoms with Gasteiger partial charge in [-0.15, -0.1) is 0 Å². The van der Waals surface area contributed by atoms with Gasteiger partial charge in [0.25, 0.3) is 0 Å². The topological polar surface area (TPSA) is 46.5 Å². The molecule has 1 saturated carbocycles. The molecule has 2 aliphatic rings. The summed E-state index contributed by atoms with van der Waals surface area (Å²) in [6, 6.07) is 5.92. The zero-order valence-corrected chi connectivity index (χ0v) is 8.43. The number of carboxylic acids is 1. The van der Waals surface area contributed by atoms with Crippen LogP contribution in [0.15, 0.2) is 18.2 Å². The second-order valence-electron chi connectivity index (χ2n) is 4.29. The van der Waals surface area contributed by atoms with Crippen molar-refractivity contribution in [1.29, 1.82) is 0 Å². The van der Waals surface area contributed by atoms with Crippen LogP contribution >= 0.6 is 0 Å². The van der Waals surface area contributed by atoms with E-state index in [2.05, 4.69) is 0 Å². The van der Waals surface area contributed by atoms with E-state index in [0.717, 1.165) is 12.2 Å². The molecule has 1 aromatic carbocycles. The highest BCUT2D eigenvalue weighted by molar-refractivity contribution is 5.78. The Balaban J connectivity index is 2.00. The summed E-state index contributed by atoms with van der Waals surface area (Å²) < 4.78 is 5.27. The van der Waals surface area contributed by atoms with Crippen LogP contribution in [0.3, 0.4) is 0 Å². The molecule has 1 aromatic rings. The van der Waals surface area contributed by atoms with Crippen LogP contribution in [0, 0.1) is 11.8 Å². The number of aliphatic carboxylic acids is 1. The molecule has 0 saturated heterocycles. The minimum Gasteiger partial charge on any atom is -0.496 e. The summed E-state index contributed by atoms with van der Waals surface area (Å²) in [4.78, 5) is 10.9. The van der Waals surface area contributed by atoms with Crippen LogP contribution in [-0.2, 0) is 11.2 Å². The van der Waals surface area contributed by atoms with Crippen molar-refractivity contribution in [2.75, 3.05) is 7.11 Å². The van der Waals surface area contributed by atoms with Gasteiger partial charge in [-0.3, -0.25) is 4.79 Å². The molecule has 15 heavy (non-hydrogen) atoms. The number of rotatable bonds is 2. The van der Waals surface area contributed by atoms with Gasteiger partial charge in [-0.2, -0.15) is 0 Å². The van der Waals surface area contributed by atoms with Gasteiger partial charge in [0, 0.05) is 5.92 Å². The monoisotopic (exact) mass is 204 g/mol. The molecule has 3 rings (SSSR count). The Bertz CT molecular complexity index is 438. The van der Waals surface area contributed by atoms with Gasteiger partial charge >= 0.3 is 5.97 Å². The largest absolute Gasteiger partial charge is 0.496 e. The van der Waals surface area contributed by atoms with Crippen LogP contribution in [-0.4, -0.2) is 18.2 Å². The molecule has 0 amide bonds. The number of fused-ring (bicyclic) bond motifs is 3. The Morgan fingerprint density at radius 2 is 2.33 bits per heavy atom. The number of hydrogen-bond acceptors (Lipinski definition) is 2. The molecular weight excluding hydrogens is 192 g/mol. The van der Waals surface area contributed by atoms with Gasteiger partial charge in [0.2, 0.25) is 0 Å². The van der Waals surface area contributed by atoms with Crippen molar-refractivity contribution in [3.05, 3.63) is 29.3 Å². The molecule has 0 spiro atoms. The summed E-state index contributed by atoms with van der Waals surface area (Å²) in [5.74, 6) is 0.660. The maximum atomic E-state index is 10.9. The number of benzene rings is 1. The van der Waals surface area contributed by atoms with E-state index in [1.807, 2.05) is 18.2 Å². The average molecular weight is 204 g/mol. The zero-order chi connectivity index (χ0) is 10.6. The quantitative estimate of drug-likeness (QED) is 0.797. The van der Waals surface area contributed by atoms with Gasteiger partial charge < -0.3 is 9.84 Å². The van der Waals surface area contributed by atoms with Gasteiger partial charge in [0.1, 0.15) is 5.75 Å². The number of ether oxygens (including phenoxy) is 1. The number of methoxy groups -OCH3 is 1. The second kappa shape index (κ2) is 2.75. The summed E-state index contributed by atoms with van der Waals surface area (Å²) in [5.41, 5.74) is 2.40. The third kappa shape index (κ3) is 1.03. The van der Waals surface area contributed by atoms with E-state index >= 15 is 0 Å². The number of hydrogen-bond donors (Lipinski definition) is 1. The molecule has 0 unspecified atom stereocenters. The van der Waals surface area contributed by atoms with Crippen molar-refractivity contribution in [3.63, 3.8) is 0 Å². The molecule has 78 valence electrons. The highest BCUT2D eigenvalue weighted by Crippen LogP contribution is 2.62. The lowest BCUT2D eigenvalue weighted by atomic mass is 10.0. The summed E-state index contributed by atoms with van der Waals surface area (Å²) in [7, 11) is 1.66. The van der Waals surface area contributed by atoms with Crippen molar-refractivity contribution < 1.29 is 14.6 Å². The highest BCUT2D eigenvalue weighted by Gasteiger charge is 2.60. The fourth-order valence-corrected chi connectivity index (χ4v) is 2.93. The summed E-state index contributed by atoms with van der Waals surface area (Å²) in [6.07, 6.45) is 0.862. The lowest BCUT2D eigenvalue weighted by molar-refractivity contribution is -0.139. The van der Waals surface area contributed by atoms with Gasteiger partial charge in [-0.05, 0) is 29.5 Å². The van der Waals surface area contributed by atoms with Crippen LogP contribution in [0.5, 0.6) is 5.75 Å². The predicted molar refractivity (Wildman–Crippen MR) is 54.1 cm³/mol. The minimum atomic E-state index is -0.654. The van der Waals surface area contributed by atoms with E-state index in [-0.39, 0.29) is 11.8 Å². The molecule has 0 aromatic heterocycles. The van der Waals surface area contributed by atoms with Gasteiger partial charge in [0.05, 0.1) is 13.0 Å². The highest BCUT2D eigenvalue weighted by atomic mass is 16.5. The molecule has 0 bridgehead atoms. The Morgan fingerprint density at radius 1 is 1.53 bits per heavy atom. The van der Waals surface area contributed by atoms with Gasteiger partial charge in [0.15, 0.2) is 0 Å². The maximum Gasteiger partial charge on any atom is 0.307 e. The van der Waals surface area contributed by atoms with E-state index < -0.39 is 5.97 Å². The van der Waals surface area contributed by atoms with Crippen LogP contribution in [0.2, 0.25) is 0 Å². The van der Waals surface area contributed by atoms with Gasteiger partial charge in [-0.25, -0.2) is 0 Å². The average Bonchev–Trinajstić information content (AvgIpc) is 2.82. The standard InChI is InChI=1S/C12H12O3/c1-15-9-4-2-3-6-7(9)5-8-10(6)11(8)12(13)14/h2-4,8,10-11H,5H2,1H3,(H,13,14)/t8-,10-,11+/m0/s1. The maximum absolute atomic E-state index is 10.9. The van der Waals surface area contributed by atoms with E-state index in [9.17, 15) is 4.79 Å². The van der Waals surface area contributed by atoms with Crippen LogP contribution < -0.4 is 4.74 Å². The van der Waals surface area contributed by atoms with E-state index in [1.54, 1.807) is 7.11 Å². The predicted octanol–water partition coefficient (Wildman–Crippen LogP) is 1.67. The third-order valence-corrected chi connectivity index (χ3v) is 3.64. The van der Waals surface area contributed by atoms with Crippen molar-refractivity contribution >= 4 is 5.97 Å². The minimum absolute atomic E-state index is 0.149. The Morgan fingerprint density at radius 3 is 3.00 bits per heavy atom.